The second kappa shape index (κ2) is 9.04. The number of anilines is 2. The Morgan fingerprint density at radius 3 is 2.31 bits per heavy atom. The Bertz CT molecular complexity index is 1220. The van der Waals surface area contributed by atoms with E-state index < -0.39 is 0 Å². The summed E-state index contributed by atoms with van der Waals surface area (Å²) in [5.41, 5.74) is 4.49. The van der Waals surface area contributed by atoms with E-state index in [1.165, 1.54) is 16.3 Å². The van der Waals surface area contributed by atoms with Crippen molar-refractivity contribution in [1.29, 1.82) is 0 Å². The zero-order chi connectivity index (χ0) is 22.8. The van der Waals surface area contributed by atoms with Crippen LogP contribution in [0.5, 0.6) is 0 Å². The average molecular weight is 452 g/mol. The third kappa shape index (κ3) is 4.62. The van der Waals surface area contributed by atoms with Crippen LogP contribution in [0, 0.1) is 20.8 Å². The van der Waals surface area contributed by atoms with Crippen molar-refractivity contribution in [1.82, 2.24) is 14.7 Å². The molecule has 1 N–H and O–H groups in total. The minimum absolute atomic E-state index is 0.155. The number of urea groups is 1. The van der Waals surface area contributed by atoms with Gasteiger partial charge >= 0.3 is 6.03 Å². The molecule has 2 aromatic carbocycles. The number of rotatable bonds is 3. The summed E-state index contributed by atoms with van der Waals surface area (Å²) < 4.78 is 1.43. The lowest BCUT2D eigenvalue weighted by atomic mass is 10.1. The minimum atomic E-state index is -0.174. The molecule has 0 atom stereocenters. The fourth-order valence-electron chi connectivity index (χ4n) is 3.62. The smallest absolute Gasteiger partial charge is 0.321 e. The summed E-state index contributed by atoms with van der Waals surface area (Å²) in [6.07, 6.45) is 0. The van der Waals surface area contributed by atoms with Crippen molar-refractivity contribution in [3.8, 4) is 5.69 Å². The van der Waals surface area contributed by atoms with Gasteiger partial charge in [0.05, 0.1) is 5.69 Å². The van der Waals surface area contributed by atoms with E-state index in [9.17, 15) is 9.59 Å². The molecule has 1 aliphatic heterocycles. The average Bonchev–Trinajstić information content (AvgIpc) is 2.79. The van der Waals surface area contributed by atoms with Gasteiger partial charge in [0, 0.05) is 43.0 Å². The molecule has 3 aromatic rings. The normalized spacial score (nSPS) is 13.9. The molecule has 7 nitrogen and oxygen atoms in total. The summed E-state index contributed by atoms with van der Waals surface area (Å²) in [6, 6.07) is 14.5. The summed E-state index contributed by atoms with van der Waals surface area (Å²) in [5, 5.41) is 8.12. The highest BCUT2D eigenvalue weighted by Crippen LogP contribution is 2.21. The van der Waals surface area contributed by atoms with E-state index in [2.05, 4.69) is 15.3 Å². The lowest BCUT2D eigenvalue weighted by Gasteiger charge is -2.35. The topological polar surface area (TPSA) is 70.5 Å². The van der Waals surface area contributed by atoms with Crippen molar-refractivity contribution in [3.05, 3.63) is 80.6 Å². The summed E-state index contributed by atoms with van der Waals surface area (Å²) >= 11 is 6.15. The molecule has 0 bridgehead atoms. The molecule has 0 spiro atoms. The molecule has 0 saturated carbocycles. The van der Waals surface area contributed by atoms with Gasteiger partial charge in [0.2, 0.25) is 0 Å². The van der Waals surface area contributed by atoms with Gasteiger partial charge in [-0.1, -0.05) is 23.7 Å². The first-order valence-electron chi connectivity index (χ1n) is 10.6. The molecule has 1 saturated heterocycles. The van der Waals surface area contributed by atoms with Crippen molar-refractivity contribution in [2.75, 3.05) is 36.4 Å². The van der Waals surface area contributed by atoms with Gasteiger partial charge in [0.1, 0.15) is 5.82 Å². The van der Waals surface area contributed by atoms with E-state index in [0.29, 0.717) is 42.7 Å². The van der Waals surface area contributed by atoms with E-state index in [4.69, 9.17) is 11.6 Å². The Hall–Kier alpha value is -3.32. The molecule has 32 heavy (non-hydrogen) atoms. The highest BCUT2D eigenvalue weighted by molar-refractivity contribution is 6.31. The van der Waals surface area contributed by atoms with Gasteiger partial charge in [-0.05, 0) is 67.8 Å². The van der Waals surface area contributed by atoms with Crippen LogP contribution in [-0.2, 0) is 0 Å². The van der Waals surface area contributed by atoms with Gasteiger partial charge in [-0.3, -0.25) is 4.79 Å². The number of carbonyl (C=O) groups is 1. The Labute approximate surface area is 192 Å². The predicted octanol–water partition coefficient (Wildman–Crippen LogP) is 4.17. The fraction of sp³-hybridized carbons (Fsp3) is 0.292. The van der Waals surface area contributed by atoms with Crippen LogP contribution >= 0.6 is 11.6 Å². The molecule has 0 aliphatic carbocycles. The lowest BCUT2D eigenvalue weighted by molar-refractivity contribution is 0.208. The first kappa shape index (κ1) is 21.9. The van der Waals surface area contributed by atoms with Gasteiger partial charge < -0.3 is 15.1 Å². The largest absolute Gasteiger partial charge is 0.352 e. The standard InChI is InChI=1S/C24H26ClN5O2/c1-16-5-7-20(14-18(16)3)30-23(31)9-8-22(27-30)28-10-12-29(13-11-28)24(32)26-19-6-4-17(2)21(25)15-19/h4-9,14-15H,10-13H2,1-3H3,(H,26,32). The number of aromatic nitrogens is 2. The second-order valence-electron chi connectivity index (χ2n) is 8.08. The molecule has 8 heteroatoms. The number of carbonyl (C=O) groups excluding carboxylic acids is 1. The van der Waals surface area contributed by atoms with Crippen LogP contribution in [0.25, 0.3) is 5.69 Å². The molecule has 2 heterocycles. The van der Waals surface area contributed by atoms with Gasteiger partial charge in [-0.2, -0.15) is 4.68 Å². The number of hydrogen-bond acceptors (Lipinski definition) is 4. The number of amides is 2. The van der Waals surface area contributed by atoms with Crippen LogP contribution in [0.2, 0.25) is 5.02 Å². The highest BCUT2D eigenvalue weighted by Gasteiger charge is 2.22. The molecule has 1 aliphatic rings. The van der Waals surface area contributed by atoms with Crippen LogP contribution in [-0.4, -0.2) is 46.9 Å². The summed E-state index contributed by atoms with van der Waals surface area (Å²) in [5.74, 6) is 0.716. The minimum Gasteiger partial charge on any atom is -0.352 e. The van der Waals surface area contributed by atoms with Crippen molar-refractivity contribution < 1.29 is 4.79 Å². The van der Waals surface area contributed by atoms with E-state index in [1.807, 2.05) is 51.1 Å². The summed E-state index contributed by atoms with van der Waals surface area (Å²) in [4.78, 5) is 28.9. The molecular formula is C24H26ClN5O2. The van der Waals surface area contributed by atoms with Crippen molar-refractivity contribution >= 4 is 29.1 Å². The zero-order valence-corrected chi connectivity index (χ0v) is 19.2. The maximum Gasteiger partial charge on any atom is 0.321 e. The number of benzene rings is 2. The van der Waals surface area contributed by atoms with Gasteiger partial charge in [-0.25, -0.2) is 4.79 Å². The van der Waals surface area contributed by atoms with Crippen LogP contribution in [0.1, 0.15) is 16.7 Å². The maximum absolute atomic E-state index is 12.6. The first-order valence-corrected chi connectivity index (χ1v) is 10.9. The number of halogens is 1. The van der Waals surface area contributed by atoms with Crippen LogP contribution in [0.15, 0.2) is 53.3 Å². The highest BCUT2D eigenvalue weighted by atomic mass is 35.5. The van der Waals surface area contributed by atoms with Crippen LogP contribution in [0.3, 0.4) is 0 Å². The molecule has 0 radical (unpaired) electrons. The van der Waals surface area contributed by atoms with Crippen molar-refractivity contribution in [2.24, 2.45) is 0 Å². The molecule has 166 valence electrons. The Morgan fingerprint density at radius 2 is 1.62 bits per heavy atom. The van der Waals surface area contributed by atoms with E-state index >= 15 is 0 Å². The third-order valence-electron chi connectivity index (χ3n) is 5.84. The molecule has 1 fully saturated rings. The van der Waals surface area contributed by atoms with E-state index in [0.717, 1.165) is 16.8 Å². The second-order valence-corrected chi connectivity index (χ2v) is 8.49. The predicted molar refractivity (Wildman–Crippen MR) is 128 cm³/mol. The zero-order valence-electron chi connectivity index (χ0n) is 18.4. The van der Waals surface area contributed by atoms with Crippen molar-refractivity contribution in [3.63, 3.8) is 0 Å². The third-order valence-corrected chi connectivity index (χ3v) is 6.24. The Morgan fingerprint density at radius 1 is 0.906 bits per heavy atom. The number of nitrogens with one attached hydrogen (secondary N) is 1. The van der Waals surface area contributed by atoms with Gasteiger partial charge in [0.15, 0.2) is 0 Å². The number of nitrogens with zero attached hydrogens (tertiary/aromatic N) is 4. The number of hydrogen-bond donors (Lipinski definition) is 1. The van der Waals surface area contributed by atoms with Crippen molar-refractivity contribution in [2.45, 2.75) is 20.8 Å². The van der Waals surface area contributed by atoms with Gasteiger partial charge in [-0.15, -0.1) is 5.10 Å². The Balaban J connectivity index is 1.43. The lowest BCUT2D eigenvalue weighted by Crippen LogP contribution is -2.50. The molecule has 0 unspecified atom stereocenters. The molecular weight excluding hydrogens is 426 g/mol. The summed E-state index contributed by atoms with van der Waals surface area (Å²) in [7, 11) is 0. The first-order chi connectivity index (χ1) is 15.3. The quantitative estimate of drug-likeness (QED) is 0.649. The molecule has 2 amide bonds. The van der Waals surface area contributed by atoms with Crippen LogP contribution in [0.4, 0.5) is 16.3 Å². The monoisotopic (exact) mass is 451 g/mol. The number of aryl methyl sites for hydroxylation is 3. The van der Waals surface area contributed by atoms with E-state index in [-0.39, 0.29) is 11.6 Å². The molecule has 4 rings (SSSR count). The fourth-order valence-corrected chi connectivity index (χ4v) is 3.80. The Kier molecular flexibility index (Phi) is 6.19. The summed E-state index contributed by atoms with van der Waals surface area (Å²) in [6.45, 7) is 8.33. The maximum atomic E-state index is 12.6. The van der Waals surface area contributed by atoms with Crippen LogP contribution < -0.4 is 15.8 Å². The van der Waals surface area contributed by atoms with E-state index in [1.54, 1.807) is 17.0 Å². The number of piperazine rings is 1. The molecule has 1 aromatic heterocycles. The SMILES string of the molecule is Cc1ccc(-n2nc(N3CCN(C(=O)Nc4ccc(C)c(Cl)c4)CC3)ccc2=O)cc1C. The van der Waals surface area contributed by atoms with Gasteiger partial charge in [0.25, 0.3) is 5.56 Å².